The predicted octanol–water partition coefficient (Wildman–Crippen LogP) is 4.07. The molecule has 0 aliphatic rings. The Balaban J connectivity index is 1.44. The number of carbonyl (C=O) groups is 2. The first-order valence-corrected chi connectivity index (χ1v) is 9.96. The molecule has 3 aromatic carbocycles. The number of hydrogen-bond acceptors (Lipinski definition) is 4. The van der Waals surface area contributed by atoms with Crippen molar-refractivity contribution < 1.29 is 9.59 Å². The maximum atomic E-state index is 12.6. The van der Waals surface area contributed by atoms with Gasteiger partial charge >= 0.3 is 0 Å². The van der Waals surface area contributed by atoms with E-state index in [0.717, 1.165) is 11.3 Å². The summed E-state index contributed by atoms with van der Waals surface area (Å²) in [6, 6.07) is 21.8. The number of nitrogens with one attached hydrogen (secondary N) is 1. The summed E-state index contributed by atoms with van der Waals surface area (Å²) in [5.41, 5.74) is 9.67. The van der Waals surface area contributed by atoms with Crippen LogP contribution in [-0.2, 0) is 4.79 Å². The van der Waals surface area contributed by atoms with Crippen LogP contribution >= 0.6 is 0 Å². The summed E-state index contributed by atoms with van der Waals surface area (Å²) in [5.74, 6) is 5.39. The van der Waals surface area contributed by atoms with Crippen molar-refractivity contribution in [2.24, 2.45) is 0 Å². The van der Waals surface area contributed by atoms with E-state index in [1.165, 1.54) is 0 Å². The number of aromatic nitrogens is 2. The first-order chi connectivity index (χ1) is 15.6. The Hall–Kier alpha value is -4.63. The van der Waals surface area contributed by atoms with E-state index >= 15 is 0 Å². The lowest BCUT2D eigenvalue weighted by Crippen LogP contribution is -2.17. The number of nitrogens with zero attached hydrogens (tertiary/aromatic N) is 2. The van der Waals surface area contributed by atoms with Gasteiger partial charge in [0, 0.05) is 34.8 Å². The summed E-state index contributed by atoms with van der Waals surface area (Å²) >= 11 is 0. The van der Waals surface area contributed by atoms with Gasteiger partial charge in [-0.05, 0) is 42.5 Å². The van der Waals surface area contributed by atoms with E-state index in [1.807, 2.05) is 36.4 Å². The second kappa shape index (κ2) is 9.45. The van der Waals surface area contributed by atoms with E-state index in [-0.39, 0.29) is 12.2 Å². The lowest BCUT2D eigenvalue weighted by atomic mass is 10.1. The van der Waals surface area contributed by atoms with Crippen LogP contribution in [0.25, 0.3) is 5.69 Å². The first kappa shape index (κ1) is 20.6. The van der Waals surface area contributed by atoms with Crippen LogP contribution in [0.3, 0.4) is 0 Å². The van der Waals surface area contributed by atoms with Crippen LogP contribution in [0.1, 0.15) is 27.9 Å². The van der Waals surface area contributed by atoms with Gasteiger partial charge in [-0.25, -0.2) is 4.98 Å². The Morgan fingerprint density at radius 2 is 1.75 bits per heavy atom. The van der Waals surface area contributed by atoms with Crippen LogP contribution in [0.15, 0.2) is 91.5 Å². The highest BCUT2D eigenvalue weighted by Crippen LogP contribution is 2.20. The molecule has 6 heteroatoms. The monoisotopic (exact) mass is 420 g/mol. The van der Waals surface area contributed by atoms with Crippen LogP contribution in [0, 0.1) is 11.8 Å². The molecule has 0 aliphatic heterocycles. The number of ketones is 1. The molecule has 0 spiro atoms. The summed E-state index contributed by atoms with van der Waals surface area (Å²) in [4.78, 5) is 29.2. The molecule has 1 heterocycles. The topological polar surface area (TPSA) is 90.0 Å². The van der Waals surface area contributed by atoms with E-state index in [9.17, 15) is 9.59 Å². The van der Waals surface area contributed by atoms with Crippen LogP contribution < -0.4 is 11.1 Å². The fraction of sp³-hybridized carbons (Fsp3) is 0.0385. The van der Waals surface area contributed by atoms with Crippen LogP contribution in [0.2, 0.25) is 0 Å². The number of nitrogen functional groups attached to an aromatic ring is 1. The Bertz CT molecular complexity index is 1320. The maximum absolute atomic E-state index is 12.6. The van der Waals surface area contributed by atoms with Crippen LogP contribution in [0.5, 0.6) is 0 Å². The van der Waals surface area contributed by atoms with Crippen molar-refractivity contribution in [1.82, 2.24) is 9.55 Å². The molecule has 0 atom stereocenters. The zero-order valence-electron chi connectivity index (χ0n) is 17.2. The Morgan fingerprint density at radius 3 is 2.53 bits per heavy atom. The summed E-state index contributed by atoms with van der Waals surface area (Å²) in [7, 11) is 0. The molecule has 0 bridgehead atoms. The van der Waals surface area contributed by atoms with E-state index in [4.69, 9.17) is 5.73 Å². The fourth-order valence-electron chi connectivity index (χ4n) is 3.10. The number of anilines is 2. The van der Waals surface area contributed by atoms with Gasteiger partial charge in [-0.15, -0.1) is 0 Å². The van der Waals surface area contributed by atoms with E-state index in [2.05, 4.69) is 22.1 Å². The second-order valence-electron chi connectivity index (χ2n) is 7.09. The number of imidazole rings is 1. The van der Waals surface area contributed by atoms with Crippen molar-refractivity contribution in [3.05, 3.63) is 108 Å². The van der Waals surface area contributed by atoms with Crippen molar-refractivity contribution in [1.29, 1.82) is 0 Å². The molecule has 1 aromatic heterocycles. The Labute approximate surface area is 185 Å². The third-order valence-electron chi connectivity index (χ3n) is 4.74. The minimum atomic E-state index is -0.442. The predicted molar refractivity (Wildman–Crippen MR) is 124 cm³/mol. The molecule has 0 saturated carbocycles. The fourth-order valence-corrected chi connectivity index (χ4v) is 3.10. The van der Waals surface area contributed by atoms with Gasteiger partial charge in [0.15, 0.2) is 5.78 Å². The second-order valence-corrected chi connectivity index (χ2v) is 7.09. The minimum absolute atomic E-state index is 0.289. The molecule has 1 amide bonds. The molecule has 0 fully saturated rings. The van der Waals surface area contributed by atoms with E-state index in [1.54, 1.807) is 59.7 Å². The number of hydrogen-bond donors (Lipinski definition) is 2. The van der Waals surface area contributed by atoms with Crippen molar-refractivity contribution in [2.75, 3.05) is 11.1 Å². The van der Waals surface area contributed by atoms with E-state index < -0.39 is 5.91 Å². The lowest BCUT2D eigenvalue weighted by Gasteiger charge is -2.09. The van der Waals surface area contributed by atoms with Crippen LogP contribution in [0.4, 0.5) is 11.4 Å². The van der Waals surface area contributed by atoms with Gasteiger partial charge in [0.05, 0.1) is 24.1 Å². The lowest BCUT2D eigenvalue weighted by molar-refractivity contribution is -0.115. The number of rotatable bonds is 5. The van der Waals surface area contributed by atoms with Gasteiger partial charge < -0.3 is 15.6 Å². The summed E-state index contributed by atoms with van der Waals surface area (Å²) < 4.78 is 1.79. The average Bonchev–Trinajstić information content (AvgIpc) is 3.35. The number of carbonyl (C=O) groups excluding carboxylic acids is 2. The zero-order valence-corrected chi connectivity index (χ0v) is 17.2. The highest BCUT2D eigenvalue weighted by Gasteiger charge is 2.14. The third kappa shape index (κ3) is 5.10. The normalized spacial score (nSPS) is 10.1. The number of amides is 1. The highest BCUT2D eigenvalue weighted by molar-refractivity contribution is 6.11. The van der Waals surface area contributed by atoms with Gasteiger partial charge in [0.25, 0.3) is 0 Å². The molecular formula is C26H20N4O2. The number of Topliss-reactive ketones (excluding diaryl/α,β-unsaturated/α-hetero) is 1. The van der Waals surface area contributed by atoms with Gasteiger partial charge in [-0.2, -0.15) is 0 Å². The van der Waals surface area contributed by atoms with Gasteiger partial charge in [0.1, 0.15) is 0 Å². The molecule has 4 rings (SSSR count). The van der Waals surface area contributed by atoms with Gasteiger partial charge in [-0.1, -0.05) is 42.2 Å². The van der Waals surface area contributed by atoms with Gasteiger partial charge in [-0.3, -0.25) is 9.59 Å². The molecule has 0 unspecified atom stereocenters. The SMILES string of the molecule is Nc1ccc(C#Cc2ccccc2)cc1NC(=O)CC(=O)c1cccc(-n2ccnc2)c1. The Kier molecular flexibility index (Phi) is 6.10. The Morgan fingerprint density at radius 1 is 0.938 bits per heavy atom. The quantitative estimate of drug-likeness (QED) is 0.220. The summed E-state index contributed by atoms with van der Waals surface area (Å²) in [5, 5.41) is 2.72. The molecule has 156 valence electrons. The highest BCUT2D eigenvalue weighted by atomic mass is 16.2. The molecular weight excluding hydrogens is 400 g/mol. The molecule has 6 nitrogen and oxygen atoms in total. The van der Waals surface area contributed by atoms with Crippen molar-refractivity contribution in [3.8, 4) is 17.5 Å². The molecule has 3 N–H and O–H groups in total. The smallest absolute Gasteiger partial charge is 0.232 e. The van der Waals surface area contributed by atoms with Crippen molar-refractivity contribution >= 4 is 23.1 Å². The standard InChI is InChI=1S/C26H20N4O2/c27-23-12-11-20(10-9-19-5-2-1-3-6-19)15-24(23)29-26(32)17-25(31)21-7-4-8-22(16-21)30-14-13-28-18-30/h1-8,11-16,18H,17,27H2,(H,29,32). The maximum Gasteiger partial charge on any atom is 0.232 e. The van der Waals surface area contributed by atoms with E-state index in [0.29, 0.717) is 22.5 Å². The minimum Gasteiger partial charge on any atom is -0.397 e. The molecule has 32 heavy (non-hydrogen) atoms. The number of nitrogens with two attached hydrogens (primary N) is 1. The third-order valence-corrected chi connectivity index (χ3v) is 4.74. The molecule has 4 aromatic rings. The summed E-state index contributed by atoms with van der Waals surface area (Å²) in [6.45, 7) is 0. The van der Waals surface area contributed by atoms with Gasteiger partial charge in [0.2, 0.25) is 5.91 Å². The molecule has 0 saturated heterocycles. The summed E-state index contributed by atoms with van der Waals surface area (Å²) in [6.07, 6.45) is 4.79. The van der Waals surface area contributed by atoms with Crippen LogP contribution in [-0.4, -0.2) is 21.2 Å². The average molecular weight is 420 g/mol. The largest absolute Gasteiger partial charge is 0.397 e. The van der Waals surface area contributed by atoms with Crippen molar-refractivity contribution in [2.45, 2.75) is 6.42 Å². The number of benzene rings is 3. The first-order valence-electron chi connectivity index (χ1n) is 9.96. The van der Waals surface area contributed by atoms with Crippen molar-refractivity contribution in [3.63, 3.8) is 0 Å². The molecule has 0 aliphatic carbocycles. The zero-order chi connectivity index (χ0) is 22.3. The molecule has 0 radical (unpaired) electrons.